The largest absolute Gasteiger partial charge is 0.463 e. The third kappa shape index (κ3) is 3.00. The number of carbonyl (C=O) groups excluding carboxylic acids is 3. The van der Waals surface area contributed by atoms with Crippen molar-refractivity contribution in [1.29, 1.82) is 0 Å². The second-order valence-corrected chi connectivity index (χ2v) is 12.5. The molecule has 1 unspecified atom stereocenters. The number of fused-ring (bicyclic) bond motifs is 7. The van der Waals surface area contributed by atoms with E-state index < -0.39 is 81.8 Å². The topological polar surface area (TPSA) is 111 Å². The first-order valence-electron chi connectivity index (χ1n) is 13.0. The number of ketones is 1. The van der Waals surface area contributed by atoms with Crippen molar-refractivity contribution in [1.82, 2.24) is 5.32 Å². The van der Waals surface area contributed by atoms with Crippen LogP contribution in [0.3, 0.4) is 0 Å². The highest BCUT2D eigenvalue weighted by Crippen LogP contribution is 2.72. The van der Waals surface area contributed by atoms with Crippen LogP contribution in [-0.4, -0.2) is 70.9 Å². The lowest BCUT2D eigenvalue weighted by Crippen LogP contribution is -2.71. The van der Waals surface area contributed by atoms with Crippen molar-refractivity contribution in [2.75, 3.05) is 6.61 Å². The maximum atomic E-state index is 17.4. The molecule has 10 atom stereocenters. The minimum absolute atomic E-state index is 0.0256. The summed E-state index contributed by atoms with van der Waals surface area (Å²) in [4.78, 5) is 37.7. The van der Waals surface area contributed by atoms with E-state index >= 15 is 8.78 Å². The molecule has 5 fully saturated rings. The standard InChI is InChI=1S/C27H33F2NO7/c1-23(2)36-20-10-15-16-9-18(28)17-8-14(31)5-6-24(17,3)26(16,29)19(32)11-25(15,4)27(20,37-23)22(34)30-13-7-21(33)35-12-13/h5-6,8,13,15-16,18-20,32H,7,9-12H2,1-4H3,(H,30,34)/t13?,15-,16-,18-,19-,20+,24-,25-,26-,27-/m0/s1. The van der Waals surface area contributed by atoms with Crippen LogP contribution in [0, 0.1) is 22.7 Å². The molecule has 6 rings (SSSR count). The summed E-state index contributed by atoms with van der Waals surface area (Å²) < 4.78 is 50.7. The van der Waals surface area contributed by atoms with Crippen molar-refractivity contribution in [3.63, 3.8) is 0 Å². The molecule has 37 heavy (non-hydrogen) atoms. The van der Waals surface area contributed by atoms with Crippen molar-refractivity contribution in [2.24, 2.45) is 22.7 Å². The SMILES string of the molecule is CC1(C)O[C@@H]2C[C@H]3[C@@H]4C[C@H](F)C5=CC(=O)C=C[C@]5(C)[C@@]4(F)[C@@H](O)C[C@]3(C)[C@]2(C(=O)NC2COC(=O)C2)O1. The Kier molecular flexibility index (Phi) is 5.08. The minimum atomic E-state index is -2.26. The van der Waals surface area contributed by atoms with Gasteiger partial charge in [0.05, 0.1) is 24.7 Å². The molecule has 6 aliphatic rings. The number of rotatable bonds is 2. The molecule has 0 aromatic heterocycles. The Balaban J connectivity index is 1.43. The van der Waals surface area contributed by atoms with Gasteiger partial charge in [0.25, 0.3) is 5.91 Å². The van der Waals surface area contributed by atoms with Crippen molar-refractivity contribution in [3.05, 3.63) is 23.8 Å². The molecule has 4 aliphatic carbocycles. The zero-order valence-corrected chi connectivity index (χ0v) is 21.4. The summed E-state index contributed by atoms with van der Waals surface area (Å²) in [5, 5.41) is 14.4. The molecule has 2 heterocycles. The number of hydrogen-bond donors (Lipinski definition) is 2. The Labute approximate surface area is 213 Å². The summed E-state index contributed by atoms with van der Waals surface area (Å²) in [5.41, 5.74) is -6.42. The van der Waals surface area contributed by atoms with Gasteiger partial charge in [-0.2, -0.15) is 0 Å². The molecule has 3 saturated carbocycles. The smallest absolute Gasteiger partial charge is 0.308 e. The molecule has 8 nitrogen and oxygen atoms in total. The van der Waals surface area contributed by atoms with E-state index in [1.165, 1.54) is 19.1 Å². The maximum absolute atomic E-state index is 17.4. The molecule has 2 aliphatic heterocycles. The van der Waals surface area contributed by atoms with Crippen LogP contribution in [0.2, 0.25) is 0 Å². The summed E-state index contributed by atoms with van der Waals surface area (Å²) >= 11 is 0. The number of aliphatic hydroxyl groups excluding tert-OH is 1. The molecule has 2 N–H and O–H groups in total. The number of ether oxygens (including phenoxy) is 3. The van der Waals surface area contributed by atoms with E-state index in [2.05, 4.69) is 5.32 Å². The third-order valence-electron chi connectivity index (χ3n) is 10.2. The number of nitrogens with one attached hydrogen (secondary N) is 1. The van der Waals surface area contributed by atoms with Crippen molar-refractivity contribution in [2.45, 2.75) is 94.9 Å². The molecule has 2 saturated heterocycles. The summed E-state index contributed by atoms with van der Waals surface area (Å²) in [6.07, 6.45) is -0.225. The fourth-order valence-corrected chi connectivity index (χ4v) is 8.60. The Bertz CT molecular complexity index is 1150. The van der Waals surface area contributed by atoms with Crippen LogP contribution in [-0.2, 0) is 28.6 Å². The predicted molar refractivity (Wildman–Crippen MR) is 124 cm³/mol. The summed E-state index contributed by atoms with van der Waals surface area (Å²) in [6.45, 7) is 6.76. The highest BCUT2D eigenvalue weighted by Gasteiger charge is 2.81. The Morgan fingerprint density at radius 2 is 1.89 bits per heavy atom. The highest BCUT2D eigenvalue weighted by molar-refractivity contribution is 6.01. The average Bonchev–Trinajstić information content (AvgIpc) is 3.41. The quantitative estimate of drug-likeness (QED) is 0.536. The summed E-state index contributed by atoms with van der Waals surface area (Å²) in [5.74, 6) is -3.97. The van der Waals surface area contributed by atoms with Crippen LogP contribution in [0.25, 0.3) is 0 Å². The van der Waals surface area contributed by atoms with E-state index in [9.17, 15) is 19.5 Å². The first-order chi connectivity index (χ1) is 17.2. The molecule has 0 aromatic carbocycles. The van der Waals surface area contributed by atoms with Gasteiger partial charge in [0, 0.05) is 16.7 Å². The van der Waals surface area contributed by atoms with Gasteiger partial charge in [-0.1, -0.05) is 13.0 Å². The normalized spacial score (nSPS) is 51.5. The van der Waals surface area contributed by atoms with Crippen molar-refractivity contribution < 1.29 is 42.5 Å². The summed E-state index contributed by atoms with van der Waals surface area (Å²) in [6, 6.07) is -0.541. The van der Waals surface area contributed by atoms with Crippen LogP contribution < -0.4 is 5.32 Å². The number of allylic oxidation sites excluding steroid dienone is 4. The second kappa shape index (κ2) is 7.48. The number of aliphatic hydroxyl groups is 1. The second-order valence-electron chi connectivity index (χ2n) is 12.5. The number of hydrogen-bond acceptors (Lipinski definition) is 7. The maximum Gasteiger partial charge on any atom is 0.308 e. The Morgan fingerprint density at radius 1 is 1.16 bits per heavy atom. The van der Waals surface area contributed by atoms with Crippen LogP contribution in [0.4, 0.5) is 8.78 Å². The van der Waals surface area contributed by atoms with Gasteiger partial charge in [-0.3, -0.25) is 14.4 Å². The fraction of sp³-hybridized carbons (Fsp3) is 0.741. The minimum Gasteiger partial charge on any atom is -0.463 e. The Hall–Kier alpha value is -2.17. The lowest BCUT2D eigenvalue weighted by Gasteiger charge is -2.63. The van der Waals surface area contributed by atoms with E-state index in [1.54, 1.807) is 20.8 Å². The van der Waals surface area contributed by atoms with Gasteiger partial charge in [-0.25, -0.2) is 8.78 Å². The van der Waals surface area contributed by atoms with Crippen LogP contribution in [0.5, 0.6) is 0 Å². The van der Waals surface area contributed by atoms with E-state index in [-0.39, 0.29) is 37.9 Å². The van der Waals surface area contributed by atoms with Gasteiger partial charge < -0.3 is 24.6 Å². The summed E-state index contributed by atoms with van der Waals surface area (Å²) in [7, 11) is 0. The average molecular weight is 522 g/mol. The molecule has 0 spiro atoms. The predicted octanol–water partition coefficient (Wildman–Crippen LogP) is 2.24. The first kappa shape index (κ1) is 25.1. The third-order valence-corrected chi connectivity index (χ3v) is 10.2. The monoisotopic (exact) mass is 521 g/mol. The molecule has 0 aromatic rings. The van der Waals surface area contributed by atoms with Gasteiger partial charge in [0.2, 0.25) is 0 Å². The first-order valence-corrected chi connectivity index (χ1v) is 13.0. The molecular formula is C27H33F2NO7. The molecular weight excluding hydrogens is 488 g/mol. The van der Waals surface area contributed by atoms with Crippen LogP contribution in [0.15, 0.2) is 23.8 Å². The van der Waals surface area contributed by atoms with Crippen molar-refractivity contribution in [3.8, 4) is 0 Å². The number of halogens is 2. The highest BCUT2D eigenvalue weighted by atomic mass is 19.1. The van der Waals surface area contributed by atoms with E-state index in [0.29, 0.717) is 0 Å². The lowest BCUT2D eigenvalue weighted by molar-refractivity contribution is -0.249. The number of esters is 1. The van der Waals surface area contributed by atoms with Crippen LogP contribution >= 0.6 is 0 Å². The van der Waals surface area contributed by atoms with Gasteiger partial charge in [-0.05, 0) is 63.7 Å². The Morgan fingerprint density at radius 3 is 2.57 bits per heavy atom. The molecule has 1 amide bonds. The van der Waals surface area contributed by atoms with Crippen molar-refractivity contribution >= 4 is 17.7 Å². The molecule has 10 heteroatoms. The van der Waals surface area contributed by atoms with E-state index in [4.69, 9.17) is 14.2 Å². The molecule has 202 valence electrons. The van der Waals surface area contributed by atoms with E-state index in [1.807, 2.05) is 0 Å². The lowest BCUT2D eigenvalue weighted by atomic mass is 9.44. The number of cyclic esters (lactones) is 1. The van der Waals surface area contributed by atoms with Gasteiger partial charge in [-0.15, -0.1) is 0 Å². The number of amides is 1. The number of carbonyl (C=O) groups is 3. The van der Waals surface area contributed by atoms with Crippen LogP contribution in [0.1, 0.15) is 53.4 Å². The number of alkyl halides is 2. The fourth-order valence-electron chi connectivity index (χ4n) is 8.60. The van der Waals surface area contributed by atoms with Gasteiger partial charge in [0.1, 0.15) is 12.8 Å². The zero-order chi connectivity index (χ0) is 26.8. The van der Waals surface area contributed by atoms with E-state index in [0.717, 1.165) is 6.08 Å². The zero-order valence-electron chi connectivity index (χ0n) is 21.4. The van der Waals surface area contributed by atoms with Gasteiger partial charge in [0.15, 0.2) is 22.8 Å². The van der Waals surface area contributed by atoms with Gasteiger partial charge >= 0.3 is 5.97 Å². The molecule has 0 bridgehead atoms. The molecule has 0 radical (unpaired) electrons.